The molecule has 0 saturated heterocycles. The van der Waals surface area contributed by atoms with Gasteiger partial charge in [-0.3, -0.25) is 14.4 Å². The molecule has 0 spiro atoms. The molecule has 2 heterocycles. The quantitative estimate of drug-likeness (QED) is 0.170. The number of halogens is 1. The number of thioether (sulfide) groups is 1. The molecule has 2 amide bonds. The first kappa shape index (κ1) is 24.2. The summed E-state index contributed by atoms with van der Waals surface area (Å²) in [7, 11) is 0. The lowest BCUT2D eigenvalue weighted by Crippen LogP contribution is -2.26. The molecule has 0 atom stereocenters. The summed E-state index contributed by atoms with van der Waals surface area (Å²) in [6.45, 7) is 0.379. The molecule has 0 aliphatic heterocycles. The molecule has 5 N–H and O–H groups in total. The van der Waals surface area contributed by atoms with Gasteiger partial charge in [0.2, 0.25) is 0 Å². The first-order valence-electron chi connectivity index (χ1n) is 10.5. The molecule has 178 valence electrons. The number of hydrogen-bond donors (Lipinski definition) is 4. The van der Waals surface area contributed by atoms with E-state index in [0.717, 1.165) is 5.56 Å². The minimum Gasteiger partial charge on any atom is -0.399 e. The molecule has 11 heteroatoms. The van der Waals surface area contributed by atoms with Crippen LogP contribution >= 0.6 is 23.4 Å². The summed E-state index contributed by atoms with van der Waals surface area (Å²) >= 11 is 7.57. The third-order valence-corrected chi connectivity index (χ3v) is 6.10. The second-order valence-corrected chi connectivity index (χ2v) is 8.71. The van der Waals surface area contributed by atoms with E-state index >= 15 is 0 Å². The molecule has 4 rings (SSSR count). The van der Waals surface area contributed by atoms with Crippen molar-refractivity contribution in [1.82, 2.24) is 20.3 Å². The summed E-state index contributed by atoms with van der Waals surface area (Å²) in [5.41, 5.74) is 7.63. The largest absolute Gasteiger partial charge is 0.399 e. The van der Waals surface area contributed by atoms with Gasteiger partial charge >= 0.3 is 0 Å². The Hall–Kier alpha value is -3.89. The number of nitrogens with zero attached hydrogens (tertiary/aromatic N) is 2. The van der Waals surface area contributed by atoms with Crippen molar-refractivity contribution in [2.24, 2.45) is 0 Å². The average molecular weight is 509 g/mol. The summed E-state index contributed by atoms with van der Waals surface area (Å²) in [4.78, 5) is 48.9. The van der Waals surface area contributed by atoms with E-state index in [1.165, 1.54) is 36.2 Å². The SMILES string of the molecule is CSc1ncc2cc(C(=O)Nc3cc(C(=O)NCCc4ccccc4N)ccc3Cl)c(=O)[nH]c2n1. The average Bonchev–Trinajstić information content (AvgIpc) is 2.85. The van der Waals surface area contributed by atoms with Gasteiger partial charge in [0.05, 0.1) is 10.7 Å². The molecule has 0 saturated carbocycles. The highest BCUT2D eigenvalue weighted by Gasteiger charge is 2.16. The molecule has 4 aromatic rings. The summed E-state index contributed by atoms with van der Waals surface area (Å²) < 4.78 is 0. The Kier molecular flexibility index (Phi) is 7.33. The number of amides is 2. The van der Waals surface area contributed by atoms with Gasteiger partial charge in [0.15, 0.2) is 5.16 Å². The number of H-pyrrole nitrogens is 1. The van der Waals surface area contributed by atoms with Gasteiger partial charge in [0.1, 0.15) is 11.2 Å². The minimum atomic E-state index is -0.680. The van der Waals surface area contributed by atoms with Gasteiger partial charge in [-0.15, -0.1) is 0 Å². The fourth-order valence-electron chi connectivity index (χ4n) is 3.37. The first-order valence-corrected chi connectivity index (χ1v) is 12.1. The van der Waals surface area contributed by atoms with E-state index in [1.807, 2.05) is 24.5 Å². The number of benzene rings is 2. The predicted octanol–water partition coefficient (Wildman–Crippen LogP) is 3.50. The predicted molar refractivity (Wildman–Crippen MR) is 138 cm³/mol. The number of para-hydroxylation sites is 1. The lowest BCUT2D eigenvalue weighted by molar-refractivity contribution is 0.0952. The Labute approximate surface area is 209 Å². The van der Waals surface area contributed by atoms with E-state index in [-0.39, 0.29) is 22.2 Å². The second kappa shape index (κ2) is 10.6. The van der Waals surface area contributed by atoms with Crippen LogP contribution in [-0.4, -0.2) is 39.6 Å². The topological polar surface area (TPSA) is 143 Å². The van der Waals surface area contributed by atoms with Gasteiger partial charge in [-0.25, -0.2) is 9.97 Å². The van der Waals surface area contributed by atoms with Crippen LogP contribution in [0.3, 0.4) is 0 Å². The zero-order chi connectivity index (χ0) is 24.9. The van der Waals surface area contributed by atoms with Crippen LogP contribution in [0.1, 0.15) is 26.3 Å². The molecule has 0 aliphatic rings. The maximum atomic E-state index is 12.8. The van der Waals surface area contributed by atoms with Crippen molar-refractivity contribution in [3.8, 4) is 0 Å². The Morgan fingerprint density at radius 3 is 2.71 bits per heavy atom. The van der Waals surface area contributed by atoms with Crippen molar-refractivity contribution in [2.45, 2.75) is 11.6 Å². The number of aromatic nitrogens is 3. The number of hydrogen-bond acceptors (Lipinski definition) is 7. The lowest BCUT2D eigenvalue weighted by atomic mass is 10.1. The zero-order valence-corrected chi connectivity index (χ0v) is 20.2. The number of rotatable bonds is 7. The van der Waals surface area contributed by atoms with Crippen LogP contribution < -0.4 is 21.9 Å². The van der Waals surface area contributed by atoms with E-state index in [0.29, 0.717) is 40.4 Å². The minimum absolute atomic E-state index is 0.135. The molecule has 0 fully saturated rings. The number of fused-ring (bicyclic) bond motifs is 1. The van der Waals surface area contributed by atoms with Gasteiger partial charge in [-0.05, 0) is 48.6 Å². The van der Waals surface area contributed by atoms with Crippen LogP contribution in [-0.2, 0) is 6.42 Å². The molecule has 0 radical (unpaired) electrons. The van der Waals surface area contributed by atoms with E-state index in [1.54, 1.807) is 12.1 Å². The molecule has 0 unspecified atom stereocenters. The second-order valence-electron chi connectivity index (χ2n) is 7.53. The number of anilines is 2. The normalized spacial score (nSPS) is 10.8. The van der Waals surface area contributed by atoms with E-state index in [2.05, 4.69) is 25.6 Å². The van der Waals surface area contributed by atoms with Gasteiger partial charge in [0.25, 0.3) is 17.4 Å². The van der Waals surface area contributed by atoms with E-state index in [4.69, 9.17) is 17.3 Å². The Morgan fingerprint density at radius 1 is 1.14 bits per heavy atom. The molecular formula is C24H21ClN6O3S. The lowest BCUT2D eigenvalue weighted by Gasteiger charge is -2.11. The summed E-state index contributed by atoms with van der Waals surface area (Å²) in [6.07, 6.45) is 3.92. The van der Waals surface area contributed by atoms with Gasteiger partial charge in [0, 0.05) is 29.4 Å². The highest BCUT2D eigenvalue weighted by atomic mass is 35.5. The highest BCUT2D eigenvalue weighted by molar-refractivity contribution is 7.98. The van der Waals surface area contributed by atoms with E-state index < -0.39 is 11.5 Å². The first-order chi connectivity index (χ1) is 16.9. The monoisotopic (exact) mass is 508 g/mol. The van der Waals surface area contributed by atoms with Crippen molar-refractivity contribution >= 4 is 57.6 Å². The smallest absolute Gasteiger partial charge is 0.262 e. The third kappa shape index (κ3) is 5.61. The zero-order valence-electron chi connectivity index (χ0n) is 18.6. The standard InChI is InChI=1S/C24H21ClN6O3S/c1-35-24-28-12-15-10-16(23(34)30-20(15)31-24)22(33)29-19-11-14(6-7-17(19)25)21(32)27-9-8-13-4-2-3-5-18(13)26/h2-7,10-12H,8-9,26H2,1H3,(H,27,32)(H,29,33)(H,28,30,31,34). The number of carbonyl (C=O) groups is 2. The molecule has 9 nitrogen and oxygen atoms in total. The fourth-order valence-corrected chi connectivity index (χ4v) is 3.88. The number of nitrogens with two attached hydrogens (primary N) is 1. The Balaban J connectivity index is 1.48. The van der Waals surface area contributed by atoms with Crippen molar-refractivity contribution < 1.29 is 9.59 Å². The van der Waals surface area contributed by atoms with Crippen molar-refractivity contribution in [2.75, 3.05) is 23.9 Å². The molecule has 35 heavy (non-hydrogen) atoms. The maximum absolute atomic E-state index is 12.8. The number of aromatic amines is 1. The Bertz CT molecular complexity index is 1490. The Morgan fingerprint density at radius 2 is 1.94 bits per heavy atom. The highest BCUT2D eigenvalue weighted by Crippen LogP contribution is 2.24. The summed E-state index contributed by atoms with van der Waals surface area (Å²) in [5, 5.41) is 6.66. The van der Waals surface area contributed by atoms with Crippen LogP contribution in [0.5, 0.6) is 0 Å². The van der Waals surface area contributed by atoms with Crippen LogP contribution in [0.15, 0.2) is 64.7 Å². The van der Waals surface area contributed by atoms with Crippen LogP contribution in [0, 0.1) is 0 Å². The van der Waals surface area contributed by atoms with Crippen LogP contribution in [0.2, 0.25) is 5.02 Å². The van der Waals surface area contributed by atoms with Gasteiger partial charge in [-0.2, -0.15) is 0 Å². The van der Waals surface area contributed by atoms with Crippen molar-refractivity contribution in [3.05, 3.63) is 86.8 Å². The summed E-state index contributed by atoms with van der Waals surface area (Å²) in [6, 6.07) is 13.4. The van der Waals surface area contributed by atoms with Crippen molar-refractivity contribution in [1.29, 1.82) is 0 Å². The molecule has 2 aromatic carbocycles. The van der Waals surface area contributed by atoms with Crippen molar-refractivity contribution in [3.63, 3.8) is 0 Å². The van der Waals surface area contributed by atoms with Crippen LogP contribution in [0.25, 0.3) is 11.0 Å². The van der Waals surface area contributed by atoms with Gasteiger partial charge < -0.3 is 21.4 Å². The van der Waals surface area contributed by atoms with E-state index in [9.17, 15) is 14.4 Å². The molecule has 2 aromatic heterocycles. The van der Waals surface area contributed by atoms with Gasteiger partial charge in [-0.1, -0.05) is 41.6 Å². The fraction of sp³-hybridized carbons (Fsp3) is 0.125. The number of carbonyl (C=O) groups excluding carboxylic acids is 2. The number of nitrogens with one attached hydrogen (secondary N) is 3. The summed E-state index contributed by atoms with van der Waals surface area (Å²) in [5.74, 6) is -1.02. The number of pyridine rings is 1. The third-order valence-electron chi connectivity index (χ3n) is 5.21. The molecule has 0 bridgehead atoms. The number of nitrogen functional groups attached to an aromatic ring is 1. The maximum Gasteiger partial charge on any atom is 0.262 e. The molecule has 0 aliphatic carbocycles. The van der Waals surface area contributed by atoms with Crippen LogP contribution in [0.4, 0.5) is 11.4 Å². The molecular weight excluding hydrogens is 488 g/mol.